The van der Waals surface area contributed by atoms with Crippen molar-refractivity contribution in [2.24, 2.45) is 17.3 Å². The summed E-state index contributed by atoms with van der Waals surface area (Å²) in [5.41, 5.74) is 0.492. The minimum atomic E-state index is 0.492. The molecule has 0 aromatic heterocycles. The minimum Gasteiger partial charge on any atom is -0.304 e. The third-order valence-electron chi connectivity index (χ3n) is 4.44. The summed E-state index contributed by atoms with van der Waals surface area (Å²) in [5.74, 6) is 1.68. The molecule has 0 aliphatic rings. The number of hydrogen-bond acceptors (Lipinski definition) is 1. The van der Waals surface area contributed by atoms with Gasteiger partial charge in [0.15, 0.2) is 0 Å². The second kappa shape index (κ2) is 7.41. The topological polar surface area (TPSA) is 3.24 Å². The van der Waals surface area contributed by atoms with E-state index in [2.05, 4.69) is 60.4 Å². The lowest BCUT2D eigenvalue weighted by Gasteiger charge is -2.30. The van der Waals surface area contributed by atoms with E-state index < -0.39 is 0 Å². The van der Waals surface area contributed by atoms with Crippen LogP contribution in [0.2, 0.25) is 0 Å². The lowest BCUT2D eigenvalue weighted by molar-refractivity contribution is 0.195. The van der Waals surface area contributed by atoms with Crippen LogP contribution in [0.5, 0.6) is 0 Å². The SMILES string of the molecule is CC(C)C(C)CCC(C)(C)CCN(C)C(C)C. The Bertz CT molecular complexity index is 174. The van der Waals surface area contributed by atoms with Crippen LogP contribution in [0.4, 0.5) is 0 Å². The summed E-state index contributed by atoms with van der Waals surface area (Å²) in [6.45, 7) is 17.7. The molecule has 0 aliphatic carbocycles. The van der Waals surface area contributed by atoms with Gasteiger partial charge >= 0.3 is 0 Å². The van der Waals surface area contributed by atoms with Gasteiger partial charge in [0.25, 0.3) is 0 Å². The molecule has 1 unspecified atom stereocenters. The zero-order valence-corrected chi connectivity index (χ0v) is 13.5. The molecule has 104 valence electrons. The van der Waals surface area contributed by atoms with Crippen molar-refractivity contribution in [3.63, 3.8) is 0 Å². The summed E-state index contributed by atoms with van der Waals surface area (Å²) in [4.78, 5) is 2.45. The van der Waals surface area contributed by atoms with Crippen molar-refractivity contribution < 1.29 is 0 Å². The monoisotopic (exact) mass is 241 g/mol. The Labute approximate surface area is 110 Å². The van der Waals surface area contributed by atoms with E-state index in [0.717, 1.165) is 11.8 Å². The van der Waals surface area contributed by atoms with Gasteiger partial charge in [0.1, 0.15) is 0 Å². The van der Waals surface area contributed by atoms with Crippen molar-refractivity contribution in [1.82, 2.24) is 4.90 Å². The van der Waals surface area contributed by atoms with Gasteiger partial charge in [-0.05, 0) is 64.0 Å². The molecule has 0 saturated carbocycles. The molecule has 0 spiro atoms. The predicted octanol–water partition coefficient (Wildman–Crippen LogP) is 4.82. The van der Waals surface area contributed by atoms with Crippen LogP contribution in [-0.2, 0) is 0 Å². The van der Waals surface area contributed by atoms with Crippen molar-refractivity contribution in [3.8, 4) is 0 Å². The molecular formula is C16H35N. The fraction of sp³-hybridized carbons (Fsp3) is 1.00. The molecule has 0 aromatic carbocycles. The van der Waals surface area contributed by atoms with E-state index in [1.807, 2.05) is 0 Å². The molecule has 1 nitrogen and oxygen atoms in total. The van der Waals surface area contributed by atoms with E-state index in [1.54, 1.807) is 0 Å². The molecule has 0 heterocycles. The molecule has 17 heavy (non-hydrogen) atoms. The first kappa shape index (κ1) is 17.0. The normalized spacial score (nSPS) is 15.0. The van der Waals surface area contributed by atoms with Gasteiger partial charge in [-0.3, -0.25) is 0 Å². The van der Waals surface area contributed by atoms with Crippen molar-refractivity contribution in [2.45, 2.75) is 73.8 Å². The van der Waals surface area contributed by atoms with Crippen LogP contribution in [0.25, 0.3) is 0 Å². The smallest absolute Gasteiger partial charge is 0.00355 e. The quantitative estimate of drug-likeness (QED) is 0.589. The lowest BCUT2D eigenvalue weighted by Crippen LogP contribution is -2.30. The summed E-state index contributed by atoms with van der Waals surface area (Å²) in [5, 5.41) is 0. The second-order valence-electron chi connectivity index (χ2n) is 7.25. The van der Waals surface area contributed by atoms with E-state index >= 15 is 0 Å². The Morgan fingerprint density at radius 3 is 1.88 bits per heavy atom. The predicted molar refractivity (Wildman–Crippen MR) is 79.4 cm³/mol. The van der Waals surface area contributed by atoms with Crippen LogP contribution in [0.15, 0.2) is 0 Å². The Balaban J connectivity index is 3.95. The van der Waals surface area contributed by atoms with Crippen LogP contribution in [0.1, 0.15) is 67.7 Å². The summed E-state index contributed by atoms with van der Waals surface area (Å²) in [6.07, 6.45) is 4.04. The molecule has 0 radical (unpaired) electrons. The number of nitrogens with zero attached hydrogens (tertiary/aromatic N) is 1. The average molecular weight is 241 g/mol. The lowest BCUT2D eigenvalue weighted by atomic mass is 9.80. The second-order valence-corrected chi connectivity index (χ2v) is 7.25. The maximum absolute atomic E-state index is 2.45. The van der Waals surface area contributed by atoms with E-state index in [9.17, 15) is 0 Å². The first-order valence-corrected chi connectivity index (χ1v) is 7.36. The third-order valence-corrected chi connectivity index (χ3v) is 4.44. The van der Waals surface area contributed by atoms with Crippen molar-refractivity contribution in [1.29, 1.82) is 0 Å². The van der Waals surface area contributed by atoms with Crippen LogP contribution in [-0.4, -0.2) is 24.5 Å². The zero-order valence-electron chi connectivity index (χ0n) is 13.5. The van der Waals surface area contributed by atoms with Gasteiger partial charge in [0.05, 0.1) is 0 Å². The summed E-state index contributed by atoms with van der Waals surface area (Å²) >= 11 is 0. The number of rotatable bonds is 8. The first-order chi connectivity index (χ1) is 7.65. The molecule has 0 bridgehead atoms. The summed E-state index contributed by atoms with van der Waals surface area (Å²) < 4.78 is 0. The fourth-order valence-corrected chi connectivity index (χ4v) is 1.81. The molecule has 0 aromatic rings. The Morgan fingerprint density at radius 2 is 1.47 bits per heavy atom. The Hall–Kier alpha value is -0.0400. The maximum atomic E-state index is 2.45. The largest absolute Gasteiger partial charge is 0.304 e. The van der Waals surface area contributed by atoms with E-state index in [4.69, 9.17) is 0 Å². The first-order valence-electron chi connectivity index (χ1n) is 7.36. The van der Waals surface area contributed by atoms with Crippen LogP contribution < -0.4 is 0 Å². The highest BCUT2D eigenvalue weighted by Crippen LogP contribution is 2.30. The standard InChI is InChI=1S/C16H35N/c1-13(2)15(5)9-10-16(6,7)11-12-17(8)14(3)4/h13-15H,9-12H2,1-8H3. The molecule has 0 aliphatic heterocycles. The Kier molecular flexibility index (Phi) is 7.39. The van der Waals surface area contributed by atoms with E-state index in [0.29, 0.717) is 11.5 Å². The number of hydrogen-bond donors (Lipinski definition) is 0. The highest BCUT2D eigenvalue weighted by molar-refractivity contribution is 4.73. The van der Waals surface area contributed by atoms with Crippen molar-refractivity contribution in [3.05, 3.63) is 0 Å². The molecule has 1 atom stereocenters. The van der Waals surface area contributed by atoms with Gasteiger partial charge in [-0.15, -0.1) is 0 Å². The molecule has 0 N–H and O–H groups in total. The van der Waals surface area contributed by atoms with E-state index in [-0.39, 0.29) is 0 Å². The Morgan fingerprint density at radius 1 is 0.941 bits per heavy atom. The van der Waals surface area contributed by atoms with Crippen molar-refractivity contribution in [2.75, 3.05) is 13.6 Å². The highest BCUT2D eigenvalue weighted by Gasteiger charge is 2.20. The minimum absolute atomic E-state index is 0.492. The molecule has 0 rings (SSSR count). The molecule has 0 amide bonds. The van der Waals surface area contributed by atoms with Gasteiger partial charge in [-0.25, -0.2) is 0 Å². The molecule has 0 saturated heterocycles. The fourth-order valence-electron chi connectivity index (χ4n) is 1.81. The van der Waals surface area contributed by atoms with Crippen LogP contribution in [0, 0.1) is 17.3 Å². The van der Waals surface area contributed by atoms with Crippen LogP contribution >= 0.6 is 0 Å². The van der Waals surface area contributed by atoms with Gasteiger partial charge in [0, 0.05) is 6.04 Å². The highest BCUT2D eigenvalue weighted by atomic mass is 15.1. The maximum Gasteiger partial charge on any atom is 0.00355 e. The molecular weight excluding hydrogens is 206 g/mol. The van der Waals surface area contributed by atoms with Gasteiger partial charge in [-0.1, -0.05) is 34.6 Å². The van der Waals surface area contributed by atoms with Crippen LogP contribution in [0.3, 0.4) is 0 Å². The van der Waals surface area contributed by atoms with Gasteiger partial charge in [-0.2, -0.15) is 0 Å². The third kappa shape index (κ3) is 7.81. The summed E-state index contributed by atoms with van der Waals surface area (Å²) in [7, 11) is 2.23. The van der Waals surface area contributed by atoms with Gasteiger partial charge in [0.2, 0.25) is 0 Å². The molecule has 0 fully saturated rings. The van der Waals surface area contributed by atoms with E-state index in [1.165, 1.54) is 25.8 Å². The zero-order chi connectivity index (χ0) is 13.6. The molecule has 1 heteroatoms. The summed E-state index contributed by atoms with van der Waals surface area (Å²) in [6, 6.07) is 0.667. The van der Waals surface area contributed by atoms with Crippen molar-refractivity contribution >= 4 is 0 Å². The van der Waals surface area contributed by atoms with Gasteiger partial charge < -0.3 is 4.90 Å². The average Bonchev–Trinajstić information content (AvgIpc) is 2.22.